The van der Waals surface area contributed by atoms with E-state index in [-0.39, 0.29) is 0 Å². The molecule has 0 spiro atoms. The van der Waals surface area contributed by atoms with Crippen molar-refractivity contribution in [1.82, 2.24) is 0 Å². The fourth-order valence-electron chi connectivity index (χ4n) is 1.64. The van der Waals surface area contributed by atoms with Gasteiger partial charge in [0.05, 0.1) is 5.69 Å². The summed E-state index contributed by atoms with van der Waals surface area (Å²) < 4.78 is 0. The highest BCUT2D eigenvalue weighted by molar-refractivity contribution is 6.30. The number of benzene rings is 2. The second kappa shape index (κ2) is 5.15. The first-order valence-corrected chi connectivity index (χ1v) is 5.90. The quantitative estimate of drug-likeness (QED) is 0.678. The number of aliphatic imine (C=N–C) groups is 1. The van der Waals surface area contributed by atoms with Gasteiger partial charge in [0.1, 0.15) is 0 Å². The summed E-state index contributed by atoms with van der Waals surface area (Å²) >= 11 is 5.83. The van der Waals surface area contributed by atoms with Crippen molar-refractivity contribution in [1.29, 1.82) is 0 Å². The summed E-state index contributed by atoms with van der Waals surface area (Å²) in [5.74, 6) is 0. The smallest absolute Gasteiger partial charge is 0.0659 e. The SMILES string of the molecule is Cc1ccc(N=Cc2ccc(Cl)cc2)c(C)c1. The first-order valence-electron chi connectivity index (χ1n) is 5.52. The average Bonchev–Trinajstić information content (AvgIpc) is 2.30. The molecule has 0 aromatic heterocycles. The molecule has 0 heterocycles. The molecule has 2 heteroatoms. The average molecular weight is 244 g/mol. The Balaban J connectivity index is 2.23. The molecule has 0 atom stereocenters. The van der Waals surface area contributed by atoms with Crippen LogP contribution in [0.5, 0.6) is 0 Å². The van der Waals surface area contributed by atoms with Crippen LogP contribution in [0, 0.1) is 13.8 Å². The van der Waals surface area contributed by atoms with Crippen LogP contribution in [0.3, 0.4) is 0 Å². The number of rotatable bonds is 2. The van der Waals surface area contributed by atoms with E-state index in [4.69, 9.17) is 11.6 Å². The number of hydrogen-bond donors (Lipinski definition) is 0. The zero-order valence-electron chi connectivity index (χ0n) is 9.94. The predicted octanol–water partition coefficient (Wildman–Crippen LogP) is 4.71. The number of hydrogen-bond acceptors (Lipinski definition) is 1. The van der Waals surface area contributed by atoms with Gasteiger partial charge in [0.15, 0.2) is 0 Å². The lowest BCUT2D eigenvalue weighted by Crippen LogP contribution is -1.81. The van der Waals surface area contributed by atoms with E-state index in [1.54, 1.807) is 0 Å². The standard InChI is InChI=1S/C15H14ClN/c1-11-3-8-15(12(2)9-11)17-10-13-4-6-14(16)7-5-13/h3-10H,1-2H3. The lowest BCUT2D eigenvalue weighted by atomic mass is 10.1. The molecule has 0 N–H and O–H groups in total. The summed E-state index contributed by atoms with van der Waals surface area (Å²) in [4.78, 5) is 4.48. The van der Waals surface area contributed by atoms with Gasteiger partial charge in [-0.05, 0) is 43.2 Å². The van der Waals surface area contributed by atoms with Crippen molar-refractivity contribution < 1.29 is 0 Å². The summed E-state index contributed by atoms with van der Waals surface area (Å²) in [6.45, 7) is 4.15. The van der Waals surface area contributed by atoms with E-state index in [1.807, 2.05) is 36.5 Å². The summed E-state index contributed by atoms with van der Waals surface area (Å²) in [5.41, 5.74) is 4.50. The van der Waals surface area contributed by atoms with Crippen molar-refractivity contribution in [3.8, 4) is 0 Å². The first kappa shape index (κ1) is 11.9. The minimum atomic E-state index is 0.744. The maximum Gasteiger partial charge on any atom is 0.0659 e. The number of aryl methyl sites for hydroxylation is 2. The molecule has 17 heavy (non-hydrogen) atoms. The molecule has 2 aromatic rings. The van der Waals surface area contributed by atoms with Crippen LogP contribution in [0.4, 0.5) is 5.69 Å². The Hall–Kier alpha value is -1.60. The van der Waals surface area contributed by atoms with Crippen LogP contribution in [0.15, 0.2) is 47.5 Å². The van der Waals surface area contributed by atoms with Crippen LogP contribution in [0.1, 0.15) is 16.7 Å². The van der Waals surface area contributed by atoms with Gasteiger partial charge in [-0.1, -0.05) is 41.4 Å². The molecule has 0 saturated carbocycles. The van der Waals surface area contributed by atoms with Crippen LogP contribution in [-0.4, -0.2) is 6.21 Å². The predicted molar refractivity (Wildman–Crippen MR) is 74.6 cm³/mol. The summed E-state index contributed by atoms with van der Waals surface area (Å²) in [7, 11) is 0. The minimum Gasteiger partial charge on any atom is -0.256 e. The van der Waals surface area contributed by atoms with E-state index < -0.39 is 0 Å². The third-order valence-electron chi connectivity index (χ3n) is 2.58. The van der Waals surface area contributed by atoms with E-state index in [0.29, 0.717) is 0 Å². The van der Waals surface area contributed by atoms with Gasteiger partial charge >= 0.3 is 0 Å². The van der Waals surface area contributed by atoms with Gasteiger partial charge in [0.25, 0.3) is 0 Å². The molecule has 0 bridgehead atoms. The molecule has 0 aliphatic carbocycles. The van der Waals surface area contributed by atoms with Gasteiger partial charge in [-0.15, -0.1) is 0 Å². The molecule has 0 aliphatic rings. The molecular formula is C15H14ClN. The van der Waals surface area contributed by atoms with Crippen LogP contribution < -0.4 is 0 Å². The normalized spacial score (nSPS) is 11.0. The van der Waals surface area contributed by atoms with Crippen LogP contribution in [0.25, 0.3) is 0 Å². The van der Waals surface area contributed by atoms with Gasteiger partial charge in [0.2, 0.25) is 0 Å². The molecule has 0 fully saturated rings. The zero-order chi connectivity index (χ0) is 12.3. The number of nitrogens with zero attached hydrogens (tertiary/aromatic N) is 1. The van der Waals surface area contributed by atoms with Crippen molar-refractivity contribution >= 4 is 23.5 Å². The molecule has 1 nitrogen and oxygen atoms in total. The Morgan fingerprint density at radius 1 is 1.00 bits per heavy atom. The summed E-state index contributed by atoms with van der Waals surface area (Å²) in [6.07, 6.45) is 1.86. The molecular weight excluding hydrogens is 230 g/mol. The van der Waals surface area contributed by atoms with Gasteiger partial charge in [0, 0.05) is 11.2 Å². The first-order chi connectivity index (χ1) is 8.15. The molecule has 2 rings (SSSR count). The molecule has 0 aliphatic heterocycles. The second-order valence-corrected chi connectivity index (χ2v) is 4.54. The maximum absolute atomic E-state index is 5.83. The maximum atomic E-state index is 5.83. The third-order valence-corrected chi connectivity index (χ3v) is 2.83. The largest absolute Gasteiger partial charge is 0.256 e. The molecule has 0 saturated heterocycles. The Morgan fingerprint density at radius 3 is 2.35 bits per heavy atom. The Kier molecular flexibility index (Phi) is 3.60. The van der Waals surface area contributed by atoms with E-state index >= 15 is 0 Å². The summed E-state index contributed by atoms with van der Waals surface area (Å²) in [5, 5.41) is 0.744. The molecule has 0 amide bonds. The van der Waals surface area contributed by atoms with Gasteiger partial charge < -0.3 is 0 Å². The van der Waals surface area contributed by atoms with E-state index in [1.165, 1.54) is 11.1 Å². The molecule has 86 valence electrons. The Morgan fingerprint density at radius 2 is 1.71 bits per heavy atom. The highest BCUT2D eigenvalue weighted by atomic mass is 35.5. The lowest BCUT2D eigenvalue weighted by Gasteiger charge is -2.01. The fourth-order valence-corrected chi connectivity index (χ4v) is 1.77. The fraction of sp³-hybridized carbons (Fsp3) is 0.133. The topological polar surface area (TPSA) is 12.4 Å². The number of halogens is 1. The molecule has 2 aromatic carbocycles. The van der Waals surface area contributed by atoms with Gasteiger partial charge in [-0.25, -0.2) is 0 Å². The van der Waals surface area contributed by atoms with Crippen molar-refractivity contribution in [3.63, 3.8) is 0 Å². The van der Waals surface area contributed by atoms with Crippen molar-refractivity contribution in [2.75, 3.05) is 0 Å². The molecule has 0 unspecified atom stereocenters. The van der Waals surface area contributed by atoms with Crippen LogP contribution >= 0.6 is 11.6 Å². The van der Waals surface area contributed by atoms with Crippen LogP contribution in [-0.2, 0) is 0 Å². The highest BCUT2D eigenvalue weighted by Crippen LogP contribution is 2.19. The highest BCUT2D eigenvalue weighted by Gasteiger charge is 1.95. The second-order valence-electron chi connectivity index (χ2n) is 4.10. The van der Waals surface area contributed by atoms with Crippen LogP contribution in [0.2, 0.25) is 5.02 Å². The zero-order valence-corrected chi connectivity index (χ0v) is 10.7. The molecule has 0 radical (unpaired) electrons. The monoisotopic (exact) mass is 243 g/mol. The van der Waals surface area contributed by atoms with Crippen molar-refractivity contribution in [2.45, 2.75) is 13.8 Å². The Labute approximate surface area is 107 Å². The van der Waals surface area contributed by atoms with E-state index in [9.17, 15) is 0 Å². The van der Waals surface area contributed by atoms with Crippen molar-refractivity contribution in [2.24, 2.45) is 4.99 Å². The Bertz CT molecular complexity index is 541. The van der Waals surface area contributed by atoms with E-state index in [2.05, 4.69) is 31.0 Å². The lowest BCUT2D eigenvalue weighted by molar-refractivity contribution is 1.35. The van der Waals surface area contributed by atoms with Gasteiger partial charge in [-0.3, -0.25) is 4.99 Å². The minimum absolute atomic E-state index is 0.744. The third kappa shape index (κ3) is 3.18. The van der Waals surface area contributed by atoms with Gasteiger partial charge in [-0.2, -0.15) is 0 Å². The van der Waals surface area contributed by atoms with Crippen molar-refractivity contribution in [3.05, 3.63) is 64.2 Å². The van der Waals surface area contributed by atoms with E-state index in [0.717, 1.165) is 16.3 Å². The summed E-state index contributed by atoms with van der Waals surface area (Å²) in [6, 6.07) is 13.9.